The number of hydrogen-bond donors (Lipinski definition) is 1. The number of para-hydroxylation sites is 1. The van der Waals surface area contributed by atoms with Gasteiger partial charge in [0.1, 0.15) is 4.21 Å². The van der Waals surface area contributed by atoms with E-state index in [1.807, 2.05) is 0 Å². The zero-order valence-electron chi connectivity index (χ0n) is 14.9. The van der Waals surface area contributed by atoms with Crippen LogP contribution in [0.1, 0.15) is 5.56 Å². The highest BCUT2D eigenvalue weighted by molar-refractivity contribution is 7.93. The van der Waals surface area contributed by atoms with Crippen LogP contribution in [-0.4, -0.2) is 29.2 Å². The zero-order valence-corrected chi connectivity index (χ0v) is 16.6. The molecule has 0 bridgehead atoms. The number of rotatable bonds is 7. The number of nitrogens with one attached hydrogen (secondary N) is 1. The van der Waals surface area contributed by atoms with Crippen molar-refractivity contribution in [1.29, 1.82) is 0 Å². The van der Waals surface area contributed by atoms with Crippen LogP contribution in [0.5, 0.6) is 0 Å². The molecule has 0 aliphatic heterocycles. The molecular formula is C17H12N4O7S2. The number of nitro benzene ring substituents is 2. The first-order valence-corrected chi connectivity index (χ1v) is 10.5. The molecule has 0 aliphatic rings. The molecule has 0 fully saturated rings. The van der Waals surface area contributed by atoms with Gasteiger partial charge in [-0.3, -0.25) is 25.0 Å². The van der Waals surface area contributed by atoms with Gasteiger partial charge in [-0.25, -0.2) is 13.4 Å². The van der Waals surface area contributed by atoms with E-state index in [2.05, 4.69) is 10.3 Å². The highest BCUT2D eigenvalue weighted by Gasteiger charge is 2.23. The molecule has 1 amide bonds. The van der Waals surface area contributed by atoms with Gasteiger partial charge in [-0.05, 0) is 12.1 Å². The van der Waals surface area contributed by atoms with Crippen molar-refractivity contribution in [3.63, 3.8) is 0 Å². The summed E-state index contributed by atoms with van der Waals surface area (Å²) in [7, 11) is -3.98. The van der Waals surface area contributed by atoms with Crippen LogP contribution in [-0.2, 0) is 21.1 Å². The normalized spacial score (nSPS) is 11.1. The fourth-order valence-electron chi connectivity index (χ4n) is 2.48. The Balaban J connectivity index is 1.75. The number of sulfone groups is 1. The molecule has 1 aromatic heterocycles. The molecule has 1 N–H and O–H groups in total. The average Bonchev–Trinajstić information content (AvgIpc) is 3.17. The van der Waals surface area contributed by atoms with Crippen molar-refractivity contribution in [2.75, 3.05) is 5.32 Å². The van der Waals surface area contributed by atoms with Crippen molar-refractivity contribution < 1.29 is 23.1 Å². The highest BCUT2D eigenvalue weighted by Crippen LogP contribution is 2.29. The molecule has 0 aliphatic carbocycles. The van der Waals surface area contributed by atoms with Gasteiger partial charge in [0, 0.05) is 23.8 Å². The predicted octanol–water partition coefficient (Wildman–Crippen LogP) is 2.97. The summed E-state index contributed by atoms with van der Waals surface area (Å²) >= 11 is 0.696. The Morgan fingerprint density at radius 1 is 1.03 bits per heavy atom. The minimum Gasteiger partial charge on any atom is -0.302 e. The van der Waals surface area contributed by atoms with Gasteiger partial charge in [-0.1, -0.05) is 29.5 Å². The fraction of sp³-hybridized carbons (Fsp3) is 0.0588. The molecule has 0 saturated carbocycles. The van der Waals surface area contributed by atoms with Crippen molar-refractivity contribution in [3.8, 4) is 0 Å². The number of carbonyl (C=O) groups is 1. The van der Waals surface area contributed by atoms with Crippen LogP contribution in [0.4, 0.5) is 16.5 Å². The number of benzene rings is 2. The highest BCUT2D eigenvalue weighted by atomic mass is 32.2. The maximum absolute atomic E-state index is 12.6. The van der Waals surface area contributed by atoms with E-state index < -0.39 is 25.6 Å². The molecule has 0 atom stereocenters. The van der Waals surface area contributed by atoms with E-state index in [1.165, 1.54) is 18.2 Å². The van der Waals surface area contributed by atoms with Crippen LogP contribution in [0, 0.1) is 20.2 Å². The Hall–Kier alpha value is -3.71. The molecule has 1 heterocycles. The SMILES string of the molecule is O=C(Cc1ccccc1[N+](=O)[O-])Nc1ncc(S(=O)(=O)c2ccc([N+](=O)[O-])cc2)s1. The van der Waals surface area contributed by atoms with E-state index in [-0.39, 0.29) is 37.6 Å². The Morgan fingerprint density at radius 2 is 1.70 bits per heavy atom. The fourth-order valence-corrected chi connectivity index (χ4v) is 4.93. The molecular weight excluding hydrogens is 436 g/mol. The minimum atomic E-state index is -3.98. The second-order valence-corrected chi connectivity index (χ2v) is 9.06. The number of thiazole rings is 1. The molecule has 2 aromatic carbocycles. The van der Waals surface area contributed by atoms with E-state index in [4.69, 9.17) is 0 Å². The average molecular weight is 448 g/mol. The number of non-ortho nitro benzene ring substituents is 1. The number of anilines is 1. The van der Waals surface area contributed by atoms with Crippen LogP contribution >= 0.6 is 11.3 Å². The minimum absolute atomic E-state index is 0.000860. The second-order valence-electron chi connectivity index (χ2n) is 5.85. The van der Waals surface area contributed by atoms with E-state index in [1.54, 1.807) is 6.07 Å². The molecule has 0 saturated heterocycles. The monoisotopic (exact) mass is 448 g/mol. The molecule has 0 radical (unpaired) electrons. The third-order valence-electron chi connectivity index (χ3n) is 3.89. The van der Waals surface area contributed by atoms with E-state index in [0.717, 1.165) is 30.5 Å². The molecule has 30 heavy (non-hydrogen) atoms. The number of aromatic nitrogens is 1. The lowest BCUT2D eigenvalue weighted by atomic mass is 10.1. The van der Waals surface area contributed by atoms with Crippen molar-refractivity contribution in [3.05, 3.63) is 80.5 Å². The number of nitro groups is 2. The molecule has 13 heteroatoms. The molecule has 3 aromatic rings. The van der Waals surface area contributed by atoms with Crippen molar-refractivity contribution >= 4 is 43.6 Å². The van der Waals surface area contributed by atoms with Crippen LogP contribution in [0.3, 0.4) is 0 Å². The Labute approximate surface area is 173 Å². The second kappa shape index (κ2) is 8.34. The summed E-state index contributed by atoms with van der Waals surface area (Å²) in [5.41, 5.74) is -0.246. The summed E-state index contributed by atoms with van der Waals surface area (Å²) in [5, 5.41) is 24.1. The molecule has 0 unspecified atom stereocenters. The van der Waals surface area contributed by atoms with Gasteiger partial charge in [0.2, 0.25) is 15.7 Å². The predicted molar refractivity (Wildman–Crippen MR) is 106 cm³/mol. The number of hydrogen-bond acceptors (Lipinski definition) is 9. The maximum atomic E-state index is 12.6. The summed E-state index contributed by atoms with van der Waals surface area (Å²) in [6, 6.07) is 10.1. The first-order valence-electron chi connectivity index (χ1n) is 8.16. The molecule has 3 rings (SSSR count). The molecule has 11 nitrogen and oxygen atoms in total. The van der Waals surface area contributed by atoms with Crippen molar-refractivity contribution in [1.82, 2.24) is 4.98 Å². The lowest BCUT2D eigenvalue weighted by Gasteiger charge is -2.03. The zero-order chi connectivity index (χ0) is 21.9. The third kappa shape index (κ3) is 4.47. The quantitative estimate of drug-likeness (QED) is 0.426. The molecule has 154 valence electrons. The van der Waals surface area contributed by atoms with Gasteiger partial charge in [-0.2, -0.15) is 0 Å². The summed E-state index contributed by atoms with van der Waals surface area (Å²) in [6.07, 6.45) is 0.767. The lowest BCUT2D eigenvalue weighted by Crippen LogP contribution is -2.15. The van der Waals surface area contributed by atoms with E-state index in [9.17, 15) is 33.4 Å². The first-order chi connectivity index (χ1) is 14.2. The van der Waals surface area contributed by atoms with Crippen LogP contribution in [0.2, 0.25) is 0 Å². The van der Waals surface area contributed by atoms with E-state index in [0.29, 0.717) is 11.3 Å². The summed E-state index contributed by atoms with van der Waals surface area (Å²) in [5.74, 6) is -0.599. The van der Waals surface area contributed by atoms with Gasteiger partial charge in [0.25, 0.3) is 11.4 Å². The van der Waals surface area contributed by atoms with Gasteiger partial charge in [0.05, 0.1) is 27.4 Å². The van der Waals surface area contributed by atoms with Gasteiger partial charge in [0.15, 0.2) is 5.13 Å². The summed E-state index contributed by atoms with van der Waals surface area (Å²) in [4.78, 5) is 36.4. The standard InChI is InChI=1S/C17H12N4O7S2/c22-15(9-11-3-1-2-4-14(11)21(25)26)19-17-18-10-16(29-17)30(27,28)13-7-5-12(6-8-13)20(23)24/h1-8,10H,9H2,(H,18,19,22). The maximum Gasteiger partial charge on any atom is 0.273 e. The van der Waals surface area contributed by atoms with Crippen molar-refractivity contribution in [2.24, 2.45) is 0 Å². The Kier molecular flexibility index (Phi) is 5.84. The Morgan fingerprint density at radius 3 is 2.33 bits per heavy atom. The van der Waals surface area contributed by atoms with Gasteiger partial charge < -0.3 is 5.32 Å². The van der Waals surface area contributed by atoms with Crippen LogP contribution in [0.25, 0.3) is 0 Å². The largest absolute Gasteiger partial charge is 0.302 e. The number of nitrogens with zero attached hydrogens (tertiary/aromatic N) is 3. The smallest absolute Gasteiger partial charge is 0.273 e. The Bertz CT molecular complexity index is 1240. The number of carbonyl (C=O) groups excluding carboxylic acids is 1. The summed E-state index contributed by atoms with van der Waals surface area (Å²) in [6.45, 7) is 0. The van der Waals surface area contributed by atoms with Crippen LogP contribution < -0.4 is 5.32 Å². The number of amides is 1. The van der Waals surface area contributed by atoms with Crippen molar-refractivity contribution in [2.45, 2.75) is 15.5 Å². The van der Waals surface area contributed by atoms with Gasteiger partial charge in [-0.15, -0.1) is 0 Å². The topological polar surface area (TPSA) is 162 Å². The van der Waals surface area contributed by atoms with E-state index >= 15 is 0 Å². The van der Waals surface area contributed by atoms with Gasteiger partial charge >= 0.3 is 0 Å². The van der Waals surface area contributed by atoms with Crippen LogP contribution in [0.15, 0.2) is 63.8 Å². The third-order valence-corrected chi connectivity index (χ3v) is 7.04. The molecule has 0 spiro atoms. The first kappa shape index (κ1) is 21.0. The lowest BCUT2D eigenvalue weighted by molar-refractivity contribution is -0.385. The summed E-state index contributed by atoms with van der Waals surface area (Å²) < 4.78 is 25.1.